The van der Waals surface area contributed by atoms with Crippen LogP contribution in [0.1, 0.15) is 27.2 Å². The van der Waals surface area contributed by atoms with Gasteiger partial charge in [-0.15, -0.1) is 0 Å². The first kappa shape index (κ1) is 16.1. The predicted octanol–water partition coefficient (Wildman–Crippen LogP) is 2.97. The molecule has 118 valence electrons. The second-order valence-electron chi connectivity index (χ2n) is 6.05. The highest BCUT2D eigenvalue weighted by atomic mass is 16.5. The van der Waals surface area contributed by atoms with E-state index in [1.165, 1.54) is 0 Å². The van der Waals surface area contributed by atoms with Crippen molar-refractivity contribution in [2.24, 2.45) is 5.92 Å². The van der Waals surface area contributed by atoms with Crippen LogP contribution >= 0.6 is 0 Å². The molecule has 0 fully saturated rings. The van der Waals surface area contributed by atoms with Gasteiger partial charge in [0.1, 0.15) is 5.75 Å². The Morgan fingerprint density at radius 3 is 2.82 bits per heavy atom. The van der Waals surface area contributed by atoms with E-state index in [4.69, 9.17) is 4.74 Å². The Hall–Kier alpha value is -2.30. The number of amides is 2. The molecule has 1 aromatic rings. The van der Waals surface area contributed by atoms with Crippen LogP contribution in [-0.4, -0.2) is 25.0 Å². The lowest BCUT2D eigenvalue weighted by molar-refractivity contribution is -0.121. The van der Waals surface area contributed by atoms with Crippen molar-refractivity contribution in [3.63, 3.8) is 0 Å². The van der Waals surface area contributed by atoms with Crippen molar-refractivity contribution in [3.8, 4) is 5.75 Å². The van der Waals surface area contributed by atoms with Crippen LogP contribution in [-0.2, 0) is 9.59 Å². The quantitative estimate of drug-likeness (QED) is 0.851. The molecular weight excluding hydrogens is 280 g/mol. The molecule has 0 unspecified atom stereocenters. The van der Waals surface area contributed by atoms with E-state index in [-0.39, 0.29) is 18.4 Å². The number of ether oxygens (including phenoxy) is 1. The van der Waals surface area contributed by atoms with E-state index in [2.05, 4.69) is 11.9 Å². The monoisotopic (exact) mass is 302 g/mol. The normalized spacial score (nSPS) is 13.6. The number of hydrogen-bond donors (Lipinski definition) is 1. The molecule has 0 spiro atoms. The summed E-state index contributed by atoms with van der Waals surface area (Å²) < 4.78 is 5.48. The van der Waals surface area contributed by atoms with E-state index in [0.29, 0.717) is 36.0 Å². The smallest absolute Gasteiger partial charge is 0.265 e. The van der Waals surface area contributed by atoms with Gasteiger partial charge in [-0.1, -0.05) is 26.0 Å². The third kappa shape index (κ3) is 3.87. The predicted molar refractivity (Wildman–Crippen MR) is 87.2 cm³/mol. The number of hydrogen-bond acceptors (Lipinski definition) is 3. The Bertz CT molecular complexity index is 608. The maximum atomic E-state index is 12.0. The summed E-state index contributed by atoms with van der Waals surface area (Å²) >= 11 is 0. The Morgan fingerprint density at radius 1 is 1.45 bits per heavy atom. The third-order valence-corrected chi connectivity index (χ3v) is 3.21. The number of rotatable bonds is 5. The lowest BCUT2D eigenvalue weighted by Gasteiger charge is -2.29. The molecule has 0 aromatic heterocycles. The van der Waals surface area contributed by atoms with Crippen molar-refractivity contribution in [2.75, 3.05) is 23.4 Å². The maximum absolute atomic E-state index is 12.0. The largest absolute Gasteiger partial charge is 0.481 e. The van der Waals surface area contributed by atoms with Crippen molar-refractivity contribution in [1.29, 1.82) is 0 Å². The summed E-state index contributed by atoms with van der Waals surface area (Å²) in [5, 5.41) is 2.85. The molecule has 5 heteroatoms. The van der Waals surface area contributed by atoms with Crippen LogP contribution in [0.5, 0.6) is 5.75 Å². The van der Waals surface area contributed by atoms with Gasteiger partial charge in [-0.25, -0.2) is 0 Å². The number of benzene rings is 1. The summed E-state index contributed by atoms with van der Waals surface area (Å²) in [6.45, 7) is 10.2. The summed E-state index contributed by atoms with van der Waals surface area (Å²) in [5.74, 6) is 0.786. The number of carbonyl (C=O) groups excluding carboxylic acids is 2. The molecule has 1 aliphatic heterocycles. The molecule has 5 nitrogen and oxygen atoms in total. The molecule has 2 amide bonds. The van der Waals surface area contributed by atoms with Gasteiger partial charge in [-0.2, -0.15) is 0 Å². The van der Waals surface area contributed by atoms with Crippen molar-refractivity contribution in [3.05, 3.63) is 30.4 Å². The molecule has 2 rings (SSSR count). The average Bonchev–Trinajstić information content (AvgIpc) is 2.40. The fraction of sp³-hybridized carbons (Fsp3) is 0.412. The molecule has 22 heavy (non-hydrogen) atoms. The van der Waals surface area contributed by atoms with Gasteiger partial charge in [-0.05, 0) is 25.0 Å². The standard InChI is InChI=1S/C17H22N2O3/c1-11(2)7-16(20)18-13-5-6-14-15(8-13)22-10-17(21)19(14)9-12(3)4/h5-6,8,11H,3,7,9-10H2,1-2,4H3,(H,18,20). The molecule has 1 N–H and O–H groups in total. The third-order valence-electron chi connectivity index (χ3n) is 3.21. The number of anilines is 2. The van der Waals surface area contributed by atoms with Gasteiger partial charge in [0.25, 0.3) is 5.91 Å². The first-order valence-electron chi connectivity index (χ1n) is 7.38. The zero-order chi connectivity index (χ0) is 16.3. The average molecular weight is 302 g/mol. The molecule has 0 saturated carbocycles. The Balaban J connectivity index is 2.19. The molecule has 0 radical (unpaired) electrons. The topological polar surface area (TPSA) is 58.6 Å². The first-order chi connectivity index (χ1) is 10.4. The van der Waals surface area contributed by atoms with Crippen LogP contribution in [0.4, 0.5) is 11.4 Å². The van der Waals surface area contributed by atoms with Crippen LogP contribution in [0.3, 0.4) is 0 Å². The number of fused-ring (bicyclic) bond motifs is 1. The molecule has 0 aliphatic carbocycles. The van der Waals surface area contributed by atoms with Gasteiger partial charge in [0.05, 0.1) is 5.69 Å². The Morgan fingerprint density at radius 2 is 2.18 bits per heavy atom. The molecule has 0 bridgehead atoms. The van der Waals surface area contributed by atoms with Crippen LogP contribution in [0.15, 0.2) is 30.4 Å². The summed E-state index contributed by atoms with van der Waals surface area (Å²) in [5.41, 5.74) is 2.28. The van der Waals surface area contributed by atoms with Crippen molar-refractivity contribution >= 4 is 23.2 Å². The summed E-state index contributed by atoms with van der Waals surface area (Å²) in [6, 6.07) is 5.33. The number of carbonyl (C=O) groups is 2. The Kier molecular flexibility index (Phi) is 4.85. The summed E-state index contributed by atoms with van der Waals surface area (Å²) in [6.07, 6.45) is 0.470. The number of nitrogens with zero attached hydrogens (tertiary/aromatic N) is 1. The van der Waals surface area contributed by atoms with Gasteiger partial charge >= 0.3 is 0 Å². The zero-order valence-corrected chi connectivity index (χ0v) is 13.3. The van der Waals surface area contributed by atoms with E-state index in [9.17, 15) is 9.59 Å². The lowest BCUT2D eigenvalue weighted by atomic mass is 10.1. The van der Waals surface area contributed by atoms with E-state index in [1.54, 1.807) is 23.1 Å². The molecule has 1 aliphatic rings. The fourth-order valence-electron chi connectivity index (χ4n) is 2.31. The van der Waals surface area contributed by atoms with Gasteiger partial charge in [0, 0.05) is 24.7 Å². The maximum Gasteiger partial charge on any atom is 0.265 e. The molecular formula is C17H22N2O3. The molecule has 1 heterocycles. The number of nitrogens with one attached hydrogen (secondary N) is 1. The highest BCUT2D eigenvalue weighted by molar-refractivity contribution is 5.99. The highest BCUT2D eigenvalue weighted by Crippen LogP contribution is 2.34. The van der Waals surface area contributed by atoms with Gasteiger partial charge in [0.2, 0.25) is 5.91 Å². The highest BCUT2D eigenvalue weighted by Gasteiger charge is 2.25. The minimum Gasteiger partial charge on any atom is -0.481 e. The van der Waals surface area contributed by atoms with Crippen LogP contribution in [0, 0.1) is 5.92 Å². The van der Waals surface area contributed by atoms with Crippen LogP contribution in [0.2, 0.25) is 0 Å². The van der Waals surface area contributed by atoms with E-state index in [1.807, 2.05) is 20.8 Å². The van der Waals surface area contributed by atoms with Crippen LogP contribution < -0.4 is 15.0 Å². The van der Waals surface area contributed by atoms with Crippen molar-refractivity contribution in [1.82, 2.24) is 0 Å². The minimum atomic E-state index is -0.0907. The van der Waals surface area contributed by atoms with E-state index >= 15 is 0 Å². The summed E-state index contributed by atoms with van der Waals surface area (Å²) in [4.78, 5) is 25.4. The fourth-order valence-corrected chi connectivity index (χ4v) is 2.31. The lowest BCUT2D eigenvalue weighted by Crippen LogP contribution is -2.39. The van der Waals surface area contributed by atoms with Crippen molar-refractivity contribution in [2.45, 2.75) is 27.2 Å². The first-order valence-corrected chi connectivity index (χ1v) is 7.38. The molecule has 0 saturated heterocycles. The van der Waals surface area contributed by atoms with E-state index in [0.717, 1.165) is 5.57 Å². The van der Waals surface area contributed by atoms with Crippen LogP contribution in [0.25, 0.3) is 0 Å². The minimum absolute atomic E-state index is 0.00364. The second kappa shape index (κ2) is 6.64. The zero-order valence-electron chi connectivity index (χ0n) is 13.3. The SMILES string of the molecule is C=C(C)CN1C(=O)COc2cc(NC(=O)CC(C)C)ccc21. The van der Waals surface area contributed by atoms with Gasteiger partial charge in [0.15, 0.2) is 6.61 Å². The molecule has 0 atom stereocenters. The van der Waals surface area contributed by atoms with E-state index < -0.39 is 0 Å². The Labute approximate surface area is 130 Å². The van der Waals surface area contributed by atoms with Crippen molar-refractivity contribution < 1.29 is 14.3 Å². The molecule has 1 aromatic carbocycles. The van der Waals surface area contributed by atoms with Gasteiger partial charge < -0.3 is 15.0 Å². The van der Waals surface area contributed by atoms with Gasteiger partial charge in [-0.3, -0.25) is 9.59 Å². The summed E-state index contributed by atoms with van der Waals surface area (Å²) in [7, 11) is 0. The second-order valence-corrected chi connectivity index (χ2v) is 6.05.